The summed E-state index contributed by atoms with van der Waals surface area (Å²) >= 11 is 3.21. The number of likely N-dealkylation sites (N-methyl/N-ethyl adjacent to an activating group) is 1. The van der Waals surface area contributed by atoms with Crippen LogP contribution in [0, 0.1) is 11.7 Å². The highest BCUT2D eigenvalue weighted by Crippen LogP contribution is 2.29. The largest absolute Gasteiger partial charge is 0.379 e. The fraction of sp³-hybridized carbons (Fsp3) is 0.538. The number of hydrogen-bond donors (Lipinski definition) is 1. The van der Waals surface area contributed by atoms with Crippen LogP contribution in [0.5, 0.6) is 0 Å². The predicted molar refractivity (Wildman–Crippen MR) is 71.5 cm³/mol. The molecule has 0 aliphatic carbocycles. The molecule has 0 bridgehead atoms. The van der Waals surface area contributed by atoms with E-state index in [1.165, 1.54) is 0 Å². The highest BCUT2D eigenvalue weighted by molar-refractivity contribution is 9.10. The van der Waals surface area contributed by atoms with E-state index in [0.29, 0.717) is 16.0 Å². The van der Waals surface area contributed by atoms with Gasteiger partial charge in [-0.05, 0) is 35.0 Å². The summed E-state index contributed by atoms with van der Waals surface area (Å²) in [5.74, 6) is 0.0744. The Morgan fingerprint density at radius 2 is 2.00 bits per heavy atom. The minimum Gasteiger partial charge on any atom is -0.379 e. The normalized spacial score (nSPS) is 15.0. The molecule has 1 aromatic carbocycles. The Balaban J connectivity index is 3.12. The Morgan fingerprint density at radius 3 is 2.47 bits per heavy atom. The summed E-state index contributed by atoms with van der Waals surface area (Å²) in [5, 5.41) is 3.13. The van der Waals surface area contributed by atoms with Crippen LogP contribution in [0.4, 0.5) is 4.39 Å². The second-order valence-electron chi connectivity index (χ2n) is 4.35. The van der Waals surface area contributed by atoms with Crippen molar-refractivity contribution in [3.63, 3.8) is 0 Å². The molecule has 96 valence electrons. The molecule has 0 radical (unpaired) electrons. The van der Waals surface area contributed by atoms with Crippen LogP contribution in [-0.4, -0.2) is 20.3 Å². The Kier molecular flexibility index (Phi) is 5.56. The second-order valence-corrected chi connectivity index (χ2v) is 5.21. The monoisotopic (exact) mass is 303 g/mol. The SMILES string of the molecule is CNC(c1cccc(Br)c1F)C(OC)C(C)C. The van der Waals surface area contributed by atoms with E-state index in [0.717, 1.165) is 0 Å². The Morgan fingerprint density at radius 1 is 1.35 bits per heavy atom. The molecule has 0 aliphatic heterocycles. The van der Waals surface area contributed by atoms with Crippen molar-refractivity contribution >= 4 is 15.9 Å². The zero-order chi connectivity index (χ0) is 13.0. The van der Waals surface area contributed by atoms with Gasteiger partial charge in [0, 0.05) is 12.7 Å². The van der Waals surface area contributed by atoms with Crippen molar-refractivity contribution in [2.45, 2.75) is 26.0 Å². The first-order valence-electron chi connectivity index (χ1n) is 5.66. The Hall–Kier alpha value is -0.450. The summed E-state index contributed by atoms with van der Waals surface area (Å²) in [6, 6.07) is 5.16. The molecular formula is C13H19BrFNO. The summed E-state index contributed by atoms with van der Waals surface area (Å²) in [4.78, 5) is 0. The van der Waals surface area contributed by atoms with Gasteiger partial charge in [-0.25, -0.2) is 4.39 Å². The maximum Gasteiger partial charge on any atom is 0.142 e. The first kappa shape index (κ1) is 14.6. The molecule has 1 rings (SSSR count). The van der Waals surface area contributed by atoms with E-state index in [-0.39, 0.29) is 18.0 Å². The lowest BCUT2D eigenvalue weighted by Gasteiger charge is -2.29. The van der Waals surface area contributed by atoms with Crippen molar-refractivity contribution in [3.8, 4) is 0 Å². The van der Waals surface area contributed by atoms with E-state index in [2.05, 4.69) is 35.1 Å². The molecular weight excluding hydrogens is 285 g/mol. The van der Waals surface area contributed by atoms with Gasteiger partial charge in [0.1, 0.15) is 5.82 Å². The molecule has 1 N–H and O–H groups in total. The van der Waals surface area contributed by atoms with E-state index in [4.69, 9.17) is 4.74 Å². The molecule has 0 fully saturated rings. The highest BCUT2D eigenvalue weighted by Gasteiger charge is 2.27. The lowest BCUT2D eigenvalue weighted by Crippen LogP contribution is -2.35. The van der Waals surface area contributed by atoms with Gasteiger partial charge in [-0.2, -0.15) is 0 Å². The summed E-state index contributed by atoms with van der Waals surface area (Å²) in [6.07, 6.45) is -0.0659. The van der Waals surface area contributed by atoms with Crippen molar-refractivity contribution < 1.29 is 9.13 Å². The molecule has 1 aromatic rings. The molecule has 0 saturated carbocycles. The zero-order valence-electron chi connectivity index (χ0n) is 10.6. The minimum absolute atomic E-state index is 0.0659. The van der Waals surface area contributed by atoms with E-state index >= 15 is 0 Å². The third kappa shape index (κ3) is 3.27. The molecule has 2 atom stereocenters. The number of rotatable bonds is 5. The standard InChI is InChI=1S/C13H19BrFNO/c1-8(2)13(17-4)12(16-3)9-6-5-7-10(14)11(9)15/h5-8,12-13,16H,1-4H3. The number of nitrogens with one attached hydrogen (secondary N) is 1. The summed E-state index contributed by atoms with van der Waals surface area (Å²) in [7, 11) is 3.48. The summed E-state index contributed by atoms with van der Waals surface area (Å²) in [5.41, 5.74) is 0.627. The molecule has 0 amide bonds. The van der Waals surface area contributed by atoms with Gasteiger partial charge in [0.15, 0.2) is 0 Å². The first-order valence-corrected chi connectivity index (χ1v) is 6.46. The zero-order valence-corrected chi connectivity index (χ0v) is 12.2. The van der Waals surface area contributed by atoms with Gasteiger partial charge in [-0.1, -0.05) is 26.0 Å². The van der Waals surface area contributed by atoms with Gasteiger partial charge in [0.25, 0.3) is 0 Å². The van der Waals surface area contributed by atoms with Gasteiger partial charge in [0.05, 0.1) is 16.6 Å². The molecule has 0 aromatic heterocycles. The van der Waals surface area contributed by atoms with Crippen LogP contribution in [0.15, 0.2) is 22.7 Å². The molecule has 2 unspecified atom stereocenters. The third-order valence-electron chi connectivity index (χ3n) is 2.89. The van der Waals surface area contributed by atoms with Crippen LogP contribution in [0.2, 0.25) is 0 Å². The van der Waals surface area contributed by atoms with Crippen LogP contribution in [0.25, 0.3) is 0 Å². The molecule has 17 heavy (non-hydrogen) atoms. The predicted octanol–water partition coefficient (Wildman–Crippen LogP) is 3.52. The lowest BCUT2D eigenvalue weighted by atomic mass is 9.93. The fourth-order valence-corrected chi connectivity index (χ4v) is 2.43. The van der Waals surface area contributed by atoms with Crippen molar-refractivity contribution in [1.29, 1.82) is 0 Å². The van der Waals surface area contributed by atoms with Crippen molar-refractivity contribution in [1.82, 2.24) is 5.32 Å². The summed E-state index contributed by atoms with van der Waals surface area (Å²) in [6.45, 7) is 4.13. The number of hydrogen-bond acceptors (Lipinski definition) is 2. The maximum atomic E-state index is 14.1. The third-order valence-corrected chi connectivity index (χ3v) is 3.50. The van der Waals surface area contributed by atoms with Crippen LogP contribution in [0.1, 0.15) is 25.5 Å². The number of methoxy groups -OCH3 is 1. The quantitative estimate of drug-likeness (QED) is 0.898. The Bertz CT molecular complexity index is 370. The van der Waals surface area contributed by atoms with Gasteiger partial charge in [-0.3, -0.25) is 0 Å². The molecule has 0 spiro atoms. The summed E-state index contributed by atoms with van der Waals surface area (Å²) < 4.78 is 20.0. The highest BCUT2D eigenvalue weighted by atomic mass is 79.9. The molecule has 4 heteroatoms. The average molecular weight is 304 g/mol. The topological polar surface area (TPSA) is 21.3 Å². The number of halogens is 2. The van der Waals surface area contributed by atoms with E-state index in [9.17, 15) is 4.39 Å². The average Bonchev–Trinajstić information content (AvgIpc) is 2.29. The molecule has 2 nitrogen and oxygen atoms in total. The second kappa shape index (κ2) is 6.47. The molecule has 0 saturated heterocycles. The van der Waals surface area contributed by atoms with E-state index < -0.39 is 0 Å². The van der Waals surface area contributed by atoms with Gasteiger partial charge in [0.2, 0.25) is 0 Å². The van der Waals surface area contributed by atoms with E-state index in [1.54, 1.807) is 19.2 Å². The number of benzene rings is 1. The Labute approximate surface area is 111 Å². The van der Waals surface area contributed by atoms with Crippen molar-refractivity contribution in [2.24, 2.45) is 5.92 Å². The van der Waals surface area contributed by atoms with Gasteiger partial charge in [-0.15, -0.1) is 0 Å². The molecule has 0 heterocycles. The van der Waals surface area contributed by atoms with Crippen molar-refractivity contribution in [2.75, 3.05) is 14.2 Å². The van der Waals surface area contributed by atoms with Crippen LogP contribution >= 0.6 is 15.9 Å². The maximum absolute atomic E-state index is 14.1. The van der Waals surface area contributed by atoms with Crippen LogP contribution < -0.4 is 5.32 Å². The van der Waals surface area contributed by atoms with Crippen LogP contribution in [-0.2, 0) is 4.74 Å². The fourth-order valence-electron chi connectivity index (χ4n) is 2.05. The smallest absolute Gasteiger partial charge is 0.142 e. The van der Waals surface area contributed by atoms with Crippen molar-refractivity contribution in [3.05, 3.63) is 34.1 Å². The molecule has 0 aliphatic rings. The first-order chi connectivity index (χ1) is 8.02. The lowest BCUT2D eigenvalue weighted by molar-refractivity contribution is 0.0338. The van der Waals surface area contributed by atoms with E-state index in [1.807, 2.05) is 13.1 Å². The van der Waals surface area contributed by atoms with Gasteiger partial charge < -0.3 is 10.1 Å². The van der Waals surface area contributed by atoms with Gasteiger partial charge >= 0.3 is 0 Å². The minimum atomic E-state index is -0.227. The van der Waals surface area contributed by atoms with Crippen LogP contribution in [0.3, 0.4) is 0 Å². The number of ether oxygens (including phenoxy) is 1.